The van der Waals surface area contributed by atoms with Crippen LogP contribution in [0.4, 0.5) is 17.1 Å². The number of anilines is 3. The van der Waals surface area contributed by atoms with Crippen molar-refractivity contribution in [2.45, 2.75) is 45.7 Å². The Hall–Kier alpha value is -3.70. The van der Waals surface area contributed by atoms with Gasteiger partial charge in [0, 0.05) is 28.6 Å². The second kappa shape index (κ2) is 10.9. The first kappa shape index (κ1) is 24.9. The molecule has 9 heteroatoms. The van der Waals surface area contributed by atoms with E-state index in [1.807, 2.05) is 13.8 Å². The van der Waals surface area contributed by atoms with E-state index in [4.69, 9.17) is 11.6 Å². The van der Waals surface area contributed by atoms with Crippen molar-refractivity contribution in [2.24, 2.45) is 5.41 Å². The van der Waals surface area contributed by atoms with Gasteiger partial charge in [-0.15, -0.1) is 0 Å². The Balaban J connectivity index is 1.96. The molecular weight excluding hydrogens is 454 g/mol. The topological polar surface area (TPSA) is 124 Å². The lowest BCUT2D eigenvalue weighted by Crippen LogP contribution is -2.54. The third kappa shape index (κ3) is 5.26. The molecule has 1 unspecified atom stereocenters. The first-order valence-electron chi connectivity index (χ1n) is 11.1. The van der Waals surface area contributed by atoms with Gasteiger partial charge >= 0.3 is 0 Å². The summed E-state index contributed by atoms with van der Waals surface area (Å²) in [7, 11) is 0. The quantitative estimate of drug-likeness (QED) is 0.276. The van der Waals surface area contributed by atoms with E-state index in [2.05, 4.69) is 27.0 Å². The standard InChI is InChI=1S/C25H26ClN5O3/c1-3-25(4-2,12-6-13-27)24(31-23(34)16-8-10-17(26)11-9-16)30-20-19(21(32)22(20)33)29-18-7-5-14-28-15-18/h5,7-11,14-15,24,29-30H,3-4,6,12H2,1-2H3,(H,31,34). The Morgan fingerprint density at radius 2 is 1.79 bits per heavy atom. The number of nitrogens with one attached hydrogen (secondary N) is 3. The van der Waals surface area contributed by atoms with Crippen molar-refractivity contribution >= 4 is 34.6 Å². The van der Waals surface area contributed by atoms with Gasteiger partial charge in [0.05, 0.1) is 18.0 Å². The summed E-state index contributed by atoms with van der Waals surface area (Å²) in [6.45, 7) is 3.95. The second-order valence-electron chi connectivity index (χ2n) is 8.06. The zero-order valence-electron chi connectivity index (χ0n) is 19.0. The Morgan fingerprint density at radius 3 is 2.38 bits per heavy atom. The van der Waals surface area contributed by atoms with Crippen LogP contribution < -0.4 is 26.8 Å². The van der Waals surface area contributed by atoms with Gasteiger partial charge in [-0.2, -0.15) is 5.26 Å². The normalized spacial score (nSPS) is 12.1. The van der Waals surface area contributed by atoms with Gasteiger partial charge in [0.15, 0.2) is 0 Å². The van der Waals surface area contributed by atoms with Gasteiger partial charge in [0.25, 0.3) is 16.8 Å². The number of carbonyl (C=O) groups excluding carboxylic acids is 1. The van der Waals surface area contributed by atoms with Crippen LogP contribution in [-0.2, 0) is 0 Å². The maximum absolute atomic E-state index is 13.1. The first-order chi connectivity index (χ1) is 16.3. The van der Waals surface area contributed by atoms with Crippen molar-refractivity contribution in [1.82, 2.24) is 10.3 Å². The van der Waals surface area contributed by atoms with Crippen LogP contribution in [-0.4, -0.2) is 17.1 Å². The largest absolute Gasteiger partial charge is 0.360 e. The summed E-state index contributed by atoms with van der Waals surface area (Å²) in [6.07, 6.45) is 4.46. The summed E-state index contributed by atoms with van der Waals surface area (Å²) in [5, 5.41) is 18.8. The van der Waals surface area contributed by atoms with Crippen molar-refractivity contribution in [3.05, 3.63) is 79.8 Å². The van der Waals surface area contributed by atoms with E-state index in [1.165, 1.54) is 6.20 Å². The summed E-state index contributed by atoms with van der Waals surface area (Å²) in [5.41, 5.74) is -0.687. The Bertz CT molecular complexity index is 1240. The van der Waals surface area contributed by atoms with E-state index in [1.54, 1.807) is 42.6 Å². The van der Waals surface area contributed by atoms with Crippen LogP contribution in [0.5, 0.6) is 0 Å². The molecule has 1 heterocycles. The van der Waals surface area contributed by atoms with E-state index in [0.29, 0.717) is 35.5 Å². The van der Waals surface area contributed by atoms with Crippen LogP contribution in [0, 0.1) is 16.7 Å². The molecule has 2 aromatic carbocycles. The fourth-order valence-corrected chi connectivity index (χ4v) is 4.12. The average molecular weight is 480 g/mol. The molecule has 0 bridgehead atoms. The van der Waals surface area contributed by atoms with E-state index in [0.717, 1.165) is 0 Å². The average Bonchev–Trinajstić information content (AvgIpc) is 2.87. The molecule has 0 radical (unpaired) electrons. The molecule has 0 fully saturated rings. The molecule has 0 saturated carbocycles. The van der Waals surface area contributed by atoms with E-state index >= 15 is 0 Å². The molecule has 34 heavy (non-hydrogen) atoms. The molecular formula is C25H26ClN5O3. The van der Waals surface area contributed by atoms with Crippen molar-refractivity contribution in [3.63, 3.8) is 0 Å². The number of nitrogens with zero attached hydrogens (tertiary/aromatic N) is 2. The van der Waals surface area contributed by atoms with Crippen LogP contribution in [0.1, 0.15) is 49.9 Å². The molecule has 0 spiro atoms. The lowest BCUT2D eigenvalue weighted by molar-refractivity contribution is 0.0872. The van der Waals surface area contributed by atoms with Crippen LogP contribution in [0.3, 0.4) is 0 Å². The third-order valence-electron chi connectivity index (χ3n) is 6.27. The van der Waals surface area contributed by atoms with Crippen molar-refractivity contribution in [2.75, 3.05) is 10.6 Å². The fraction of sp³-hybridized carbons (Fsp3) is 0.320. The monoisotopic (exact) mass is 479 g/mol. The fourth-order valence-electron chi connectivity index (χ4n) is 3.99. The SMILES string of the molecule is CCC(CC)(CCC#N)C(NC(=O)c1ccc(Cl)cc1)Nc1c(Nc2cccnc2)c(=O)c1=O. The summed E-state index contributed by atoms with van der Waals surface area (Å²) >= 11 is 5.94. The molecule has 3 rings (SSSR count). The van der Waals surface area contributed by atoms with Gasteiger partial charge in [0.1, 0.15) is 17.5 Å². The zero-order chi connectivity index (χ0) is 24.7. The molecule has 0 aliphatic heterocycles. The molecule has 1 aromatic heterocycles. The Morgan fingerprint density at radius 1 is 1.12 bits per heavy atom. The maximum atomic E-state index is 13.1. The molecule has 8 nitrogen and oxygen atoms in total. The molecule has 3 N–H and O–H groups in total. The minimum atomic E-state index is -0.711. The highest BCUT2D eigenvalue weighted by Crippen LogP contribution is 2.37. The number of carbonyl (C=O) groups is 1. The number of nitriles is 1. The Kier molecular flexibility index (Phi) is 8.03. The van der Waals surface area contributed by atoms with Gasteiger partial charge in [-0.1, -0.05) is 25.4 Å². The highest BCUT2D eigenvalue weighted by atomic mass is 35.5. The van der Waals surface area contributed by atoms with Gasteiger partial charge in [-0.3, -0.25) is 19.4 Å². The summed E-state index contributed by atoms with van der Waals surface area (Å²) in [4.78, 5) is 41.9. The predicted octanol–water partition coefficient (Wildman–Crippen LogP) is 4.35. The molecule has 176 valence electrons. The first-order valence-corrected chi connectivity index (χ1v) is 11.4. The van der Waals surface area contributed by atoms with E-state index in [9.17, 15) is 19.6 Å². The van der Waals surface area contributed by atoms with Crippen LogP contribution in [0.15, 0.2) is 58.4 Å². The van der Waals surface area contributed by atoms with Gasteiger partial charge < -0.3 is 16.0 Å². The van der Waals surface area contributed by atoms with Crippen molar-refractivity contribution in [3.8, 4) is 6.07 Å². The highest BCUT2D eigenvalue weighted by molar-refractivity contribution is 6.30. The summed E-state index contributed by atoms with van der Waals surface area (Å²) in [6, 6.07) is 12.1. The van der Waals surface area contributed by atoms with Crippen molar-refractivity contribution in [1.29, 1.82) is 5.26 Å². The van der Waals surface area contributed by atoms with Crippen LogP contribution in [0.25, 0.3) is 0 Å². The molecule has 1 atom stereocenters. The summed E-state index contributed by atoms with van der Waals surface area (Å²) in [5.74, 6) is -0.363. The number of hydrogen-bond acceptors (Lipinski definition) is 7. The molecule has 0 aliphatic rings. The van der Waals surface area contributed by atoms with Crippen molar-refractivity contribution < 1.29 is 4.79 Å². The number of aromatic nitrogens is 1. The number of benzene rings is 1. The molecule has 3 aromatic rings. The Labute approximate surface area is 202 Å². The lowest BCUT2D eigenvalue weighted by Gasteiger charge is -2.41. The van der Waals surface area contributed by atoms with Crippen LogP contribution >= 0.6 is 11.6 Å². The smallest absolute Gasteiger partial charge is 0.253 e. The maximum Gasteiger partial charge on any atom is 0.253 e. The van der Waals surface area contributed by atoms with Gasteiger partial charge in [-0.25, -0.2) is 0 Å². The zero-order valence-corrected chi connectivity index (χ0v) is 19.8. The predicted molar refractivity (Wildman–Crippen MR) is 133 cm³/mol. The number of halogens is 1. The number of hydrogen-bond donors (Lipinski definition) is 3. The van der Waals surface area contributed by atoms with E-state index in [-0.39, 0.29) is 23.7 Å². The minimum Gasteiger partial charge on any atom is -0.360 e. The second-order valence-corrected chi connectivity index (χ2v) is 8.50. The number of rotatable bonds is 11. The lowest BCUT2D eigenvalue weighted by atomic mass is 9.75. The molecule has 0 saturated heterocycles. The van der Waals surface area contributed by atoms with E-state index < -0.39 is 22.4 Å². The highest BCUT2D eigenvalue weighted by Gasteiger charge is 2.38. The number of amides is 1. The molecule has 1 amide bonds. The minimum absolute atomic E-state index is 0.0958. The summed E-state index contributed by atoms with van der Waals surface area (Å²) < 4.78 is 0. The third-order valence-corrected chi connectivity index (χ3v) is 6.52. The molecule has 0 aliphatic carbocycles. The van der Waals surface area contributed by atoms with Crippen LogP contribution in [0.2, 0.25) is 5.02 Å². The number of pyridine rings is 1. The van der Waals surface area contributed by atoms with Gasteiger partial charge in [0.2, 0.25) is 0 Å². The van der Waals surface area contributed by atoms with Gasteiger partial charge in [-0.05, 0) is 55.7 Å².